The largest absolute Gasteiger partial charge is 0.480 e. The molecule has 1 amide bonds. The quantitative estimate of drug-likeness (QED) is 0.861. The number of nitrogens with one attached hydrogen (secondary N) is 2. The van der Waals surface area contributed by atoms with Crippen LogP contribution in [0.15, 0.2) is 22.7 Å². The molecule has 0 aliphatic carbocycles. The summed E-state index contributed by atoms with van der Waals surface area (Å²) in [5.74, 6) is -0.0726. The third-order valence-corrected chi connectivity index (χ3v) is 3.87. The first kappa shape index (κ1) is 15.3. The molecule has 4 nitrogen and oxygen atoms in total. The predicted molar refractivity (Wildman–Crippen MR) is 78.2 cm³/mol. The first-order valence-electron chi connectivity index (χ1n) is 6.69. The van der Waals surface area contributed by atoms with Crippen LogP contribution in [0.3, 0.4) is 0 Å². The highest BCUT2D eigenvalue weighted by Crippen LogP contribution is 2.26. The number of halogens is 2. The van der Waals surface area contributed by atoms with E-state index in [1.165, 1.54) is 18.2 Å². The third-order valence-electron chi connectivity index (χ3n) is 3.25. The number of carbonyl (C=O) groups is 1. The molecule has 2 rings (SSSR count). The zero-order valence-electron chi connectivity index (χ0n) is 11.3. The molecule has 1 aromatic carbocycles. The maximum Gasteiger partial charge on any atom is 0.260 e. The van der Waals surface area contributed by atoms with Crippen LogP contribution in [-0.4, -0.2) is 31.1 Å². The number of rotatable bonds is 5. The number of hydrogen-bond donors (Lipinski definition) is 2. The Hall–Kier alpha value is -1.14. The fourth-order valence-electron chi connectivity index (χ4n) is 2.11. The second kappa shape index (κ2) is 7.04. The molecule has 2 atom stereocenters. The van der Waals surface area contributed by atoms with Gasteiger partial charge in [-0.25, -0.2) is 4.39 Å². The van der Waals surface area contributed by atoms with Crippen molar-refractivity contribution < 1.29 is 13.9 Å². The van der Waals surface area contributed by atoms with E-state index in [1.807, 2.05) is 0 Å². The van der Waals surface area contributed by atoms with E-state index < -0.39 is 6.10 Å². The molecule has 1 aliphatic heterocycles. The number of carbonyl (C=O) groups excluding carboxylic acids is 1. The van der Waals surface area contributed by atoms with E-state index in [4.69, 9.17) is 4.74 Å². The van der Waals surface area contributed by atoms with Gasteiger partial charge in [0.2, 0.25) is 0 Å². The minimum atomic E-state index is -0.627. The number of amides is 1. The SMILES string of the molecule is CC(Oc1ccc(F)cc1Br)C(=O)NCC1CCCN1. The third kappa shape index (κ3) is 4.18. The Morgan fingerprint density at radius 1 is 1.65 bits per heavy atom. The summed E-state index contributed by atoms with van der Waals surface area (Å²) in [7, 11) is 0. The minimum absolute atomic E-state index is 0.171. The first-order valence-corrected chi connectivity index (χ1v) is 7.48. The molecular formula is C14H18BrFN2O2. The van der Waals surface area contributed by atoms with Crippen LogP contribution in [0.2, 0.25) is 0 Å². The number of ether oxygens (including phenoxy) is 1. The fourth-order valence-corrected chi connectivity index (χ4v) is 2.56. The van der Waals surface area contributed by atoms with Crippen LogP contribution in [0.1, 0.15) is 19.8 Å². The Bertz CT molecular complexity index is 478. The van der Waals surface area contributed by atoms with Gasteiger partial charge in [0, 0.05) is 12.6 Å². The lowest BCUT2D eigenvalue weighted by atomic mass is 10.2. The molecule has 1 saturated heterocycles. The van der Waals surface area contributed by atoms with E-state index in [0.717, 1.165) is 19.4 Å². The van der Waals surface area contributed by atoms with E-state index in [0.29, 0.717) is 22.8 Å². The van der Waals surface area contributed by atoms with Crippen LogP contribution in [0.5, 0.6) is 5.75 Å². The Morgan fingerprint density at radius 2 is 2.45 bits per heavy atom. The normalized spacial score (nSPS) is 19.6. The zero-order valence-corrected chi connectivity index (χ0v) is 12.9. The van der Waals surface area contributed by atoms with Crippen LogP contribution < -0.4 is 15.4 Å². The van der Waals surface area contributed by atoms with Crippen molar-refractivity contribution in [1.29, 1.82) is 0 Å². The standard InChI is InChI=1S/C14H18BrFN2O2/c1-9(14(19)18-8-11-3-2-6-17-11)20-13-5-4-10(16)7-12(13)15/h4-5,7,9,11,17H,2-3,6,8H2,1H3,(H,18,19). The molecule has 2 N–H and O–H groups in total. The maximum absolute atomic E-state index is 13.0. The fraction of sp³-hybridized carbons (Fsp3) is 0.500. The summed E-state index contributed by atoms with van der Waals surface area (Å²) in [6.07, 6.45) is 1.60. The lowest BCUT2D eigenvalue weighted by Gasteiger charge is -2.17. The molecule has 2 unspecified atom stereocenters. The van der Waals surface area contributed by atoms with Crippen LogP contribution in [0, 0.1) is 5.82 Å². The van der Waals surface area contributed by atoms with Gasteiger partial charge in [-0.05, 0) is 60.4 Å². The second-order valence-corrected chi connectivity index (χ2v) is 5.73. The van der Waals surface area contributed by atoms with Gasteiger partial charge in [0.05, 0.1) is 4.47 Å². The van der Waals surface area contributed by atoms with Crippen molar-refractivity contribution in [1.82, 2.24) is 10.6 Å². The van der Waals surface area contributed by atoms with E-state index >= 15 is 0 Å². The predicted octanol–water partition coefficient (Wildman–Crippen LogP) is 2.22. The summed E-state index contributed by atoms with van der Waals surface area (Å²) in [6.45, 7) is 3.29. The monoisotopic (exact) mass is 344 g/mol. The highest BCUT2D eigenvalue weighted by molar-refractivity contribution is 9.10. The van der Waals surface area contributed by atoms with Gasteiger partial charge in [-0.3, -0.25) is 4.79 Å². The van der Waals surface area contributed by atoms with Crippen LogP contribution in [0.4, 0.5) is 4.39 Å². The summed E-state index contributed by atoms with van der Waals surface area (Å²) >= 11 is 3.21. The average Bonchev–Trinajstić information content (AvgIpc) is 2.92. The molecule has 0 aromatic heterocycles. The summed E-state index contributed by atoms with van der Waals surface area (Å²) in [5, 5.41) is 6.17. The van der Waals surface area contributed by atoms with E-state index in [2.05, 4.69) is 26.6 Å². The second-order valence-electron chi connectivity index (χ2n) is 4.87. The Kier molecular flexibility index (Phi) is 5.37. The van der Waals surface area contributed by atoms with E-state index in [9.17, 15) is 9.18 Å². The summed E-state index contributed by atoms with van der Waals surface area (Å²) in [6, 6.07) is 4.46. The molecule has 1 heterocycles. The summed E-state index contributed by atoms with van der Waals surface area (Å²) in [5.41, 5.74) is 0. The Morgan fingerprint density at radius 3 is 3.10 bits per heavy atom. The molecule has 1 fully saturated rings. The van der Waals surface area contributed by atoms with Gasteiger partial charge >= 0.3 is 0 Å². The van der Waals surface area contributed by atoms with Gasteiger partial charge < -0.3 is 15.4 Å². The zero-order chi connectivity index (χ0) is 14.5. The molecule has 20 heavy (non-hydrogen) atoms. The molecule has 0 radical (unpaired) electrons. The smallest absolute Gasteiger partial charge is 0.260 e. The lowest BCUT2D eigenvalue weighted by Crippen LogP contribution is -2.42. The first-order chi connectivity index (χ1) is 9.56. The van der Waals surface area contributed by atoms with Crippen molar-refractivity contribution in [3.05, 3.63) is 28.5 Å². The highest BCUT2D eigenvalue weighted by atomic mass is 79.9. The van der Waals surface area contributed by atoms with Gasteiger partial charge in [-0.15, -0.1) is 0 Å². The van der Waals surface area contributed by atoms with Crippen LogP contribution in [-0.2, 0) is 4.79 Å². The Labute approximate surface area is 126 Å². The van der Waals surface area contributed by atoms with Gasteiger partial charge in [-0.1, -0.05) is 0 Å². The lowest BCUT2D eigenvalue weighted by molar-refractivity contribution is -0.127. The Balaban J connectivity index is 1.83. The summed E-state index contributed by atoms with van der Waals surface area (Å²) < 4.78 is 19.0. The minimum Gasteiger partial charge on any atom is -0.480 e. The number of hydrogen-bond acceptors (Lipinski definition) is 3. The highest BCUT2D eigenvalue weighted by Gasteiger charge is 2.19. The van der Waals surface area contributed by atoms with Crippen LogP contribution >= 0.6 is 15.9 Å². The average molecular weight is 345 g/mol. The summed E-state index contributed by atoms with van der Waals surface area (Å²) in [4.78, 5) is 11.9. The van der Waals surface area contributed by atoms with Gasteiger partial charge in [0.15, 0.2) is 6.10 Å². The molecule has 6 heteroatoms. The van der Waals surface area contributed by atoms with Crippen molar-refractivity contribution in [3.8, 4) is 5.75 Å². The molecule has 0 bridgehead atoms. The van der Waals surface area contributed by atoms with Crippen molar-refractivity contribution in [2.24, 2.45) is 0 Å². The van der Waals surface area contributed by atoms with Crippen molar-refractivity contribution in [3.63, 3.8) is 0 Å². The number of benzene rings is 1. The van der Waals surface area contributed by atoms with Gasteiger partial charge in [0.25, 0.3) is 5.91 Å². The molecule has 0 spiro atoms. The van der Waals surface area contributed by atoms with Crippen molar-refractivity contribution >= 4 is 21.8 Å². The molecule has 110 valence electrons. The molecule has 0 saturated carbocycles. The molecular weight excluding hydrogens is 327 g/mol. The van der Waals surface area contributed by atoms with E-state index in [1.54, 1.807) is 6.92 Å². The maximum atomic E-state index is 13.0. The molecule has 1 aliphatic rings. The van der Waals surface area contributed by atoms with E-state index in [-0.39, 0.29) is 11.7 Å². The van der Waals surface area contributed by atoms with Crippen molar-refractivity contribution in [2.45, 2.75) is 31.9 Å². The van der Waals surface area contributed by atoms with Crippen LogP contribution in [0.25, 0.3) is 0 Å². The van der Waals surface area contributed by atoms with Gasteiger partial charge in [-0.2, -0.15) is 0 Å². The topological polar surface area (TPSA) is 50.4 Å². The van der Waals surface area contributed by atoms with Gasteiger partial charge in [0.1, 0.15) is 11.6 Å². The van der Waals surface area contributed by atoms with Crippen molar-refractivity contribution in [2.75, 3.05) is 13.1 Å². The molecule has 1 aromatic rings.